The molecule has 5 heteroatoms. The Morgan fingerprint density at radius 3 is 2.96 bits per heavy atom. The number of aryl methyl sites for hydroxylation is 1. The second kappa shape index (κ2) is 5.41. The van der Waals surface area contributed by atoms with E-state index in [0.29, 0.717) is 0 Å². The molecule has 0 aliphatic carbocycles. The third-order valence-corrected chi connectivity index (χ3v) is 5.07. The van der Waals surface area contributed by atoms with E-state index >= 15 is 0 Å². The lowest BCUT2D eigenvalue weighted by Gasteiger charge is -2.39. The summed E-state index contributed by atoms with van der Waals surface area (Å²) < 4.78 is 0. The first-order chi connectivity index (χ1) is 11.2. The van der Waals surface area contributed by atoms with Crippen LogP contribution in [-0.2, 0) is 6.42 Å². The first-order valence-electron chi connectivity index (χ1n) is 8.36. The Labute approximate surface area is 136 Å². The van der Waals surface area contributed by atoms with Crippen LogP contribution < -0.4 is 10.2 Å². The summed E-state index contributed by atoms with van der Waals surface area (Å²) in [6.45, 7) is 7.60. The standard InChI is InChI=1S/C18H22N4O/c1-3-14-12(2)20-16-7-5-4-6-15(16)17(14)21-8-9-22-13(11-21)10-19-18(22)23/h4-7,13H,3,8-11H2,1-2H3,(H,19,23)/t13-/m1/s1. The highest BCUT2D eigenvalue weighted by molar-refractivity contribution is 5.94. The van der Waals surface area contributed by atoms with E-state index in [1.54, 1.807) is 0 Å². The molecule has 2 aromatic rings. The van der Waals surface area contributed by atoms with E-state index in [9.17, 15) is 4.79 Å². The van der Waals surface area contributed by atoms with Gasteiger partial charge in [0.15, 0.2) is 0 Å². The fourth-order valence-corrected chi connectivity index (χ4v) is 3.95. The van der Waals surface area contributed by atoms with Crippen molar-refractivity contribution in [3.8, 4) is 0 Å². The Bertz CT molecular complexity index is 773. The average molecular weight is 310 g/mol. The molecule has 3 heterocycles. The number of hydrogen-bond donors (Lipinski definition) is 1. The zero-order valence-corrected chi connectivity index (χ0v) is 13.7. The summed E-state index contributed by atoms with van der Waals surface area (Å²) in [5, 5.41) is 4.18. The van der Waals surface area contributed by atoms with Crippen LogP contribution in [0.15, 0.2) is 24.3 Å². The first-order valence-corrected chi connectivity index (χ1v) is 8.36. The highest BCUT2D eigenvalue weighted by Crippen LogP contribution is 2.34. The third kappa shape index (κ3) is 2.22. The van der Waals surface area contributed by atoms with Gasteiger partial charge >= 0.3 is 6.03 Å². The van der Waals surface area contributed by atoms with Gasteiger partial charge in [-0.3, -0.25) is 4.98 Å². The molecule has 23 heavy (non-hydrogen) atoms. The molecule has 120 valence electrons. The van der Waals surface area contributed by atoms with Crippen molar-refractivity contribution in [3.05, 3.63) is 35.5 Å². The predicted molar refractivity (Wildman–Crippen MR) is 92.0 cm³/mol. The molecule has 2 fully saturated rings. The predicted octanol–water partition coefficient (Wildman–Crippen LogP) is 2.32. The first kappa shape index (κ1) is 14.3. The van der Waals surface area contributed by atoms with Gasteiger partial charge in [-0.15, -0.1) is 0 Å². The lowest BCUT2D eigenvalue weighted by atomic mass is 10.0. The molecule has 0 bridgehead atoms. The van der Waals surface area contributed by atoms with Gasteiger partial charge in [0.2, 0.25) is 0 Å². The van der Waals surface area contributed by atoms with Crippen LogP contribution in [0.5, 0.6) is 0 Å². The number of rotatable bonds is 2. The van der Waals surface area contributed by atoms with Crippen LogP contribution in [0.3, 0.4) is 0 Å². The number of piperazine rings is 1. The maximum Gasteiger partial charge on any atom is 0.317 e. The SMILES string of the molecule is CCc1c(C)nc2ccccc2c1N1CCN2C(=O)NC[C@@H]2C1. The number of amides is 2. The second-order valence-electron chi connectivity index (χ2n) is 6.37. The number of anilines is 1. The zero-order valence-electron chi connectivity index (χ0n) is 13.7. The Morgan fingerprint density at radius 1 is 1.30 bits per heavy atom. The van der Waals surface area contributed by atoms with Crippen LogP contribution in [0.4, 0.5) is 10.5 Å². The molecular weight excluding hydrogens is 288 g/mol. The maximum atomic E-state index is 11.8. The quantitative estimate of drug-likeness (QED) is 0.926. The fourth-order valence-electron chi connectivity index (χ4n) is 3.95. The topological polar surface area (TPSA) is 48.5 Å². The normalized spacial score (nSPS) is 20.8. The van der Waals surface area contributed by atoms with Crippen molar-refractivity contribution >= 4 is 22.6 Å². The lowest BCUT2D eigenvalue weighted by molar-refractivity contribution is 0.197. The van der Waals surface area contributed by atoms with Crippen LogP contribution in [0.25, 0.3) is 10.9 Å². The molecule has 5 nitrogen and oxygen atoms in total. The molecular formula is C18H22N4O. The number of urea groups is 1. The molecule has 1 N–H and O–H groups in total. The number of hydrogen-bond acceptors (Lipinski definition) is 3. The monoisotopic (exact) mass is 310 g/mol. The number of carbonyl (C=O) groups is 1. The van der Waals surface area contributed by atoms with Gasteiger partial charge in [-0.25, -0.2) is 4.79 Å². The van der Waals surface area contributed by atoms with Crippen molar-refractivity contribution in [2.24, 2.45) is 0 Å². The maximum absolute atomic E-state index is 11.8. The van der Waals surface area contributed by atoms with Crippen molar-refractivity contribution in [1.82, 2.24) is 15.2 Å². The Balaban J connectivity index is 1.80. The highest BCUT2D eigenvalue weighted by atomic mass is 16.2. The van der Waals surface area contributed by atoms with Crippen molar-refractivity contribution in [2.45, 2.75) is 26.3 Å². The van der Waals surface area contributed by atoms with E-state index in [0.717, 1.165) is 43.8 Å². The molecule has 0 saturated carbocycles. The molecule has 2 aliphatic rings. The van der Waals surface area contributed by atoms with E-state index in [1.807, 2.05) is 11.0 Å². The molecule has 4 rings (SSSR count). The van der Waals surface area contributed by atoms with Crippen molar-refractivity contribution in [2.75, 3.05) is 31.1 Å². The molecule has 2 saturated heterocycles. The van der Waals surface area contributed by atoms with Crippen LogP contribution in [0.2, 0.25) is 0 Å². The number of carbonyl (C=O) groups excluding carboxylic acids is 1. The second-order valence-corrected chi connectivity index (χ2v) is 6.37. The van der Waals surface area contributed by atoms with Crippen molar-refractivity contribution < 1.29 is 4.79 Å². The number of aromatic nitrogens is 1. The Kier molecular flexibility index (Phi) is 3.36. The van der Waals surface area contributed by atoms with Gasteiger partial charge in [-0.05, 0) is 25.0 Å². The van der Waals surface area contributed by atoms with Gasteiger partial charge in [-0.1, -0.05) is 25.1 Å². The minimum Gasteiger partial charge on any atom is -0.367 e. The molecule has 1 aromatic carbocycles. The summed E-state index contributed by atoms with van der Waals surface area (Å²) in [6, 6.07) is 8.73. The van der Waals surface area contributed by atoms with Gasteiger partial charge in [0.25, 0.3) is 0 Å². The number of para-hydroxylation sites is 1. The minimum atomic E-state index is 0.0844. The van der Waals surface area contributed by atoms with E-state index in [1.165, 1.54) is 16.6 Å². The Hall–Kier alpha value is -2.30. The molecule has 2 amide bonds. The van der Waals surface area contributed by atoms with Crippen LogP contribution >= 0.6 is 0 Å². The molecule has 1 aromatic heterocycles. The van der Waals surface area contributed by atoms with Gasteiger partial charge in [-0.2, -0.15) is 0 Å². The largest absolute Gasteiger partial charge is 0.367 e. The number of fused-ring (bicyclic) bond motifs is 2. The summed E-state index contributed by atoms with van der Waals surface area (Å²) in [7, 11) is 0. The van der Waals surface area contributed by atoms with Crippen LogP contribution in [0, 0.1) is 6.92 Å². The third-order valence-electron chi connectivity index (χ3n) is 5.07. The summed E-state index contributed by atoms with van der Waals surface area (Å²) in [6.07, 6.45) is 0.973. The summed E-state index contributed by atoms with van der Waals surface area (Å²) in [5.41, 5.74) is 4.81. The smallest absolute Gasteiger partial charge is 0.317 e. The van der Waals surface area contributed by atoms with E-state index in [2.05, 4.69) is 42.3 Å². The molecule has 0 unspecified atom stereocenters. The number of nitrogens with one attached hydrogen (secondary N) is 1. The van der Waals surface area contributed by atoms with Gasteiger partial charge in [0.05, 0.1) is 17.2 Å². The molecule has 2 aliphatic heterocycles. The van der Waals surface area contributed by atoms with E-state index in [4.69, 9.17) is 4.98 Å². The average Bonchev–Trinajstić information content (AvgIpc) is 2.94. The van der Waals surface area contributed by atoms with Crippen LogP contribution in [-0.4, -0.2) is 48.1 Å². The lowest BCUT2D eigenvalue weighted by Crippen LogP contribution is -2.52. The molecule has 1 atom stereocenters. The molecule has 0 spiro atoms. The fraction of sp³-hybridized carbons (Fsp3) is 0.444. The van der Waals surface area contributed by atoms with Gasteiger partial charge < -0.3 is 15.1 Å². The van der Waals surface area contributed by atoms with E-state index < -0.39 is 0 Å². The summed E-state index contributed by atoms with van der Waals surface area (Å²) in [5.74, 6) is 0. The number of pyridine rings is 1. The highest BCUT2D eigenvalue weighted by Gasteiger charge is 2.36. The molecule has 0 radical (unpaired) electrons. The van der Waals surface area contributed by atoms with Crippen molar-refractivity contribution in [3.63, 3.8) is 0 Å². The number of benzene rings is 1. The minimum absolute atomic E-state index is 0.0844. The summed E-state index contributed by atoms with van der Waals surface area (Å²) in [4.78, 5) is 21.0. The van der Waals surface area contributed by atoms with E-state index in [-0.39, 0.29) is 12.1 Å². The van der Waals surface area contributed by atoms with Crippen molar-refractivity contribution in [1.29, 1.82) is 0 Å². The van der Waals surface area contributed by atoms with Gasteiger partial charge in [0.1, 0.15) is 0 Å². The van der Waals surface area contributed by atoms with Gasteiger partial charge in [0, 0.05) is 37.3 Å². The number of nitrogens with zero attached hydrogens (tertiary/aromatic N) is 3. The van der Waals surface area contributed by atoms with Crippen LogP contribution in [0.1, 0.15) is 18.2 Å². The Morgan fingerprint density at radius 2 is 2.13 bits per heavy atom. The zero-order chi connectivity index (χ0) is 16.0. The summed E-state index contributed by atoms with van der Waals surface area (Å²) >= 11 is 0.